The van der Waals surface area contributed by atoms with Crippen LogP contribution in [0.5, 0.6) is 0 Å². The minimum absolute atomic E-state index is 0. The molecule has 0 fully saturated rings. The summed E-state index contributed by atoms with van der Waals surface area (Å²) < 4.78 is 0. The number of nitrogens with two attached hydrogens (primary N) is 1. The number of hydrogen-bond donors (Lipinski definition) is 3. The molecule has 0 spiro atoms. The zero-order valence-corrected chi connectivity index (χ0v) is 15.2. The van der Waals surface area contributed by atoms with Gasteiger partial charge in [-0.25, -0.2) is 0 Å². The van der Waals surface area contributed by atoms with E-state index >= 15 is 0 Å². The van der Waals surface area contributed by atoms with E-state index in [9.17, 15) is 4.79 Å². The summed E-state index contributed by atoms with van der Waals surface area (Å²) in [6, 6.07) is 8.06. The van der Waals surface area contributed by atoms with E-state index in [0.29, 0.717) is 19.0 Å². The Hall–Kier alpha value is -1.31. The van der Waals surface area contributed by atoms with Gasteiger partial charge in [-0.15, -0.1) is 24.0 Å². The number of hydrogen-bond acceptors (Lipinski definition) is 2. The molecule has 1 aromatic rings. The second kappa shape index (κ2) is 10.4. The van der Waals surface area contributed by atoms with Crippen molar-refractivity contribution in [3.63, 3.8) is 0 Å². The third-order valence-electron chi connectivity index (χ3n) is 2.85. The highest BCUT2D eigenvalue weighted by molar-refractivity contribution is 14.0. The van der Waals surface area contributed by atoms with Crippen molar-refractivity contribution in [2.24, 2.45) is 16.6 Å². The topological polar surface area (TPSA) is 79.5 Å². The quantitative estimate of drug-likeness (QED) is 0.295. The van der Waals surface area contributed by atoms with Crippen LogP contribution in [0.25, 0.3) is 0 Å². The van der Waals surface area contributed by atoms with Crippen molar-refractivity contribution >= 4 is 41.5 Å². The lowest BCUT2D eigenvalue weighted by molar-refractivity contribution is -0.123. The number of nitrogens with one attached hydrogen (secondary N) is 2. The van der Waals surface area contributed by atoms with Gasteiger partial charge in [0.15, 0.2) is 5.96 Å². The number of carbonyl (C=O) groups is 1. The highest BCUT2D eigenvalue weighted by Gasteiger charge is 2.04. The lowest BCUT2D eigenvalue weighted by atomic mass is 10.1. The number of aryl methyl sites for hydroxylation is 1. The van der Waals surface area contributed by atoms with E-state index in [1.807, 2.05) is 26.0 Å². The monoisotopic (exact) mass is 404 g/mol. The molecule has 0 heterocycles. The fraction of sp³-hybridized carbons (Fsp3) is 0.467. The number of guanidine groups is 1. The van der Waals surface area contributed by atoms with Crippen LogP contribution in [0.4, 0.5) is 5.69 Å². The van der Waals surface area contributed by atoms with Crippen LogP contribution in [0.2, 0.25) is 0 Å². The van der Waals surface area contributed by atoms with Gasteiger partial charge in [0.05, 0.1) is 6.54 Å². The zero-order valence-electron chi connectivity index (χ0n) is 12.8. The molecule has 0 unspecified atom stereocenters. The Bertz CT molecular complexity index is 457. The maximum Gasteiger partial charge on any atom is 0.222 e. The summed E-state index contributed by atoms with van der Waals surface area (Å²) in [5.74, 6) is 0.376. The Morgan fingerprint density at radius 1 is 1.29 bits per heavy atom. The third kappa shape index (κ3) is 7.89. The molecule has 0 aliphatic rings. The number of rotatable bonds is 6. The smallest absolute Gasteiger partial charge is 0.222 e. The maximum absolute atomic E-state index is 11.3. The molecule has 0 bridgehead atoms. The fourth-order valence-electron chi connectivity index (χ4n) is 1.57. The van der Waals surface area contributed by atoms with Crippen LogP contribution in [-0.2, 0) is 11.2 Å². The van der Waals surface area contributed by atoms with Gasteiger partial charge in [0.2, 0.25) is 5.91 Å². The number of aliphatic imine (C=N–C) groups is 1. The molecular formula is C15H25IN4O. The van der Waals surface area contributed by atoms with Crippen LogP contribution in [0.15, 0.2) is 29.3 Å². The summed E-state index contributed by atoms with van der Waals surface area (Å²) in [6.07, 6.45) is 1.01. The van der Waals surface area contributed by atoms with Crippen molar-refractivity contribution < 1.29 is 4.79 Å². The van der Waals surface area contributed by atoms with Gasteiger partial charge in [-0.3, -0.25) is 9.79 Å². The van der Waals surface area contributed by atoms with Gasteiger partial charge in [-0.2, -0.15) is 0 Å². The molecule has 4 N–H and O–H groups in total. The SMILES string of the molecule is CCc1ccc(NC(N)=NCCNC(=O)C(C)C)cc1.I. The Labute approximate surface area is 143 Å². The molecule has 118 valence electrons. The Morgan fingerprint density at radius 2 is 1.90 bits per heavy atom. The van der Waals surface area contributed by atoms with Crippen molar-refractivity contribution in [3.05, 3.63) is 29.8 Å². The van der Waals surface area contributed by atoms with Crippen LogP contribution in [0.1, 0.15) is 26.3 Å². The van der Waals surface area contributed by atoms with Crippen molar-refractivity contribution in [2.45, 2.75) is 27.2 Å². The second-order valence-corrected chi connectivity index (χ2v) is 4.89. The molecule has 0 aliphatic carbocycles. The molecule has 0 saturated carbocycles. The number of benzene rings is 1. The highest BCUT2D eigenvalue weighted by atomic mass is 127. The number of nitrogens with zero attached hydrogens (tertiary/aromatic N) is 1. The minimum atomic E-state index is -0.00784. The molecule has 0 atom stereocenters. The van der Waals surface area contributed by atoms with Gasteiger partial charge >= 0.3 is 0 Å². The first-order valence-corrected chi connectivity index (χ1v) is 6.96. The second-order valence-electron chi connectivity index (χ2n) is 4.89. The van der Waals surface area contributed by atoms with Crippen LogP contribution in [0.3, 0.4) is 0 Å². The summed E-state index contributed by atoms with van der Waals surface area (Å²) in [4.78, 5) is 15.5. The molecule has 0 aliphatic heterocycles. The summed E-state index contributed by atoms with van der Waals surface area (Å²) >= 11 is 0. The lowest BCUT2D eigenvalue weighted by Crippen LogP contribution is -2.31. The number of anilines is 1. The lowest BCUT2D eigenvalue weighted by Gasteiger charge is -2.08. The van der Waals surface area contributed by atoms with Crippen molar-refractivity contribution in [1.29, 1.82) is 0 Å². The average molecular weight is 404 g/mol. The largest absolute Gasteiger partial charge is 0.370 e. The summed E-state index contributed by atoms with van der Waals surface area (Å²) in [5, 5.41) is 5.81. The average Bonchev–Trinajstić information content (AvgIpc) is 2.44. The Kier molecular flexibility index (Phi) is 9.77. The van der Waals surface area contributed by atoms with Gasteiger partial charge in [0, 0.05) is 18.2 Å². The number of halogens is 1. The van der Waals surface area contributed by atoms with Gasteiger partial charge in [0.1, 0.15) is 0 Å². The van der Waals surface area contributed by atoms with E-state index < -0.39 is 0 Å². The van der Waals surface area contributed by atoms with Crippen molar-refractivity contribution in [3.8, 4) is 0 Å². The molecule has 0 aromatic heterocycles. The molecule has 0 saturated heterocycles. The molecule has 21 heavy (non-hydrogen) atoms. The number of amides is 1. The molecule has 1 aromatic carbocycles. The van der Waals surface area contributed by atoms with Crippen LogP contribution >= 0.6 is 24.0 Å². The van der Waals surface area contributed by atoms with Gasteiger partial charge in [0.25, 0.3) is 0 Å². The van der Waals surface area contributed by atoms with Crippen molar-refractivity contribution in [2.75, 3.05) is 18.4 Å². The highest BCUT2D eigenvalue weighted by Crippen LogP contribution is 2.09. The van der Waals surface area contributed by atoms with E-state index in [1.54, 1.807) is 0 Å². The van der Waals surface area contributed by atoms with Gasteiger partial charge in [-0.05, 0) is 24.1 Å². The van der Waals surface area contributed by atoms with Crippen molar-refractivity contribution in [1.82, 2.24) is 5.32 Å². The molecule has 0 radical (unpaired) electrons. The minimum Gasteiger partial charge on any atom is -0.370 e. The first kappa shape index (κ1) is 19.7. The standard InChI is InChI=1S/C15H24N4O.HI/c1-4-12-5-7-13(8-6-12)19-15(16)18-10-9-17-14(20)11(2)3;/h5-8,11H,4,9-10H2,1-3H3,(H,17,20)(H3,16,18,19);1H. The van der Waals surface area contributed by atoms with E-state index in [2.05, 4.69) is 34.7 Å². The normalized spacial score (nSPS) is 11.0. The molecule has 6 heteroatoms. The van der Waals surface area contributed by atoms with Gasteiger partial charge in [-0.1, -0.05) is 32.9 Å². The zero-order chi connectivity index (χ0) is 15.0. The predicted octanol–water partition coefficient (Wildman–Crippen LogP) is 2.37. The molecule has 5 nitrogen and oxygen atoms in total. The molecule has 1 amide bonds. The van der Waals surface area contributed by atoms with Gasteiger partial charge < -0.3 is 16.4 Å². The van der Waals surface area contributed by atoms with E-state index in [1.165, 1.54) is 5.56 Å². The first-order chi connectivity index (χ1) is 9.52. The first-order valence-electron chi connectivity index (χ1n) is 6.96. The summed E-state index contributed by atoms with van der Waals surface area (Å²) in [6.45, 7) is 6.78. The van der Waals surface area contributed by atoms with E-state index in [-0.39, 0.29) is 35.8 Å². The Balaban J connectivity index is 0.00000400. The molecule has 1 rings (SSSR count). The summed E-state index contributed by atoms with van der Waals surface area (Å²) in [7, 11) is 0. The number of carbonyl (C=O) groups excluding carboxylic acids is 1. The van der Waals surface area contributed by atoms with E-state index in [4.69, 9.17) is 5.73 Å². The maximum atomic E-state index is 11.3. The van der Waals surface area contributed by atoms with E-state index in [0.717, 1.165) is 12.1 Å². The van der Waals surface area contributed by atoms with Crippen LogP contribution < -0.4 is 16.4 Å². The molecular weight excluding hydrogens is 379 g/mol. The Morgan fingerprint density at radius 3 is 2.43 bits per heavy atom. The van der Waals surface area contributed by atoms with Crippen LogP contribution in [-0.4, -0.2) is 25.0 Å². The summed E-state index contributed by atoms with van der Waals surface area (Å²) in [5.41, 5.74) is 7.97. The predicted molar refractivity (Wildman–Crippen MR) is 99.2 cm³/mol. The third-order valence-corrected chi connectivity index (χ3v) is 2.85. The fourth-order valence-corrected chi connectivity index (χ4v) is 1.57. The van der Waals surface area contributed by atoms with Crippen LogP contribution in [0, 0.1) is 5.92 Å².